The average molecular weight is 436 g/mol. The molecule has 2 amide bonds. The van der Waals surface area contributed by atoms with E-state index in [0.717, 1.165) is 28.3 Å². The lowest BCUT2D eigenvalue weighted by molar-refractivity contribution is -0.139. The third kappa shape index (κ3) is 4.70. The summed E-state index contributed by atoms with van der Waals surface area (Å²) in [6.45, 7) is 0.841. The quantitative estimate of drug-likeness (QED) is 0.549. The number of hydrogen-bond acceptors (Lipinski definition) is 5. The van der Waals surface area contributed by atoms with Gasteiger partial charge in [0.1, 0.15) is 17.7 Å². The smallest absolute Gasteiger partial charge is 0.243 e. The monoisotopic (exact) mass is 435 g/mol. The zero-order valence-corrected chi connectivity index (χ0v) is 17.6. The van der Waals surface area contributed by atoms with Crippen LogP contribution in [0.25, 0.3) is 10.8 Å². The van der Waals surface area contributed by atoms with E-state index in [-0.39, 0.29) is 17.6 Å². The number of nitrogens with two attached hydrogens (primary N) is 2. The second-order valence-corrected chi connectivity index (χ2v) is 8.10. The normalized spacial score (nSPS) is 16.8. The molecule has 32 heavy (non-hydrogen) atoms. The lowest BCUT2D eigenvalue weighted by Crippen LogP contribution is -2.51. The Kier molecular flexibility index (Phi) is 6.32. The Morgan fingerprint density at radius 1 is 1.16 bits per heavy atom. The van der Waals surface area contributed by atoms with E-state index in [9.17, 15) is 14.0 Å². The molecule has 1 aromatic heterocycles. The van der Waals surface area contributed by atoms with E-state index in [4.69, 9.17) is 11.5 Å². The molecule has 7 nitrogen and oxygen atoms in total. The van der Waals surface area contributed by atoms with Gasteiger partial charge in [0.25, 0.3) is 0 Å². The summed E-state index contributed by atoms with van der Waals surface area (Å²) in [5.74, 6) is -0.327. The molecule has 2 aromatic carbocycles. The van der Waals surface area contributed by atoms with Crippen molar-refractivity contribution in [2.45, 2.75) is 37.9 Å². The Morgan fingerprint density at radius 3 is 2.69 bits per heavy atom. The fourth-order valence-electron chi connectivity index (χ4n) is 4.15. The molecule has 8 heteroatoms. The maximum absolute atomic E-state index is 13.1. The standard InChI is InChI=1S/C24H26FN5O2/c25-18-6-3-15(4-7-18)13-20(26)24(32)30-11-1-2-21(30)23(31)29-14-16-5-8-19-17(12-16)9-10-28-22(19)27/h3-10,12,20-21H,1-2,11,13-14,26H2,(H2,27,28)(H,29,31)/t20-,21+/m1/s1. The van der Waals surface area contributed by atoms with Gasteiger partial charge in [-0.1, -0.05) is 24.3 Å². The maximum atomic E-state index is 13.1. The summed E-state index contributed by atoms with van der Waals surface area (Å²) < 4.78 is 13.1. The maximum Gasteiger partial charge on any atom is 0.243 e. The van der Waals surface area contributed by atoms with Gasteiger partial charge in [-0.15, -0.1) is 0 Å². The van der Waals surface area contributed by atoms with Crippen molar-refractivity contribution in [1.82, 2.24) is 15.2 Å². The second-order valence-electron chi connectivity index (χ2n) is 8.10. The van der Waals surface area contributed by atoms with Gasteiger partial charge < -0.3 is 21.7 Å². The molecule has 3 aromatic rings. The highest BCUT2D eigenvalue weighted by molar-refractivity contribution is 5.92. The van der Waals surface area contributed by atoms with Gasteiger partial charge in [-0.2, -0.15) is 0 Å². The highest BCUT2D eigenvalue weighted by Crippen LogP contribution is 2.21. The highest BCUT2D eigenvalue weighted by Gasteiger charge is 2.36. The molecule has 2 atom stereocenters. The van der Waals surface area contributed by atoms with Crippen molar-refractivity contribution in [2.24, 2.45) is 5.73 Å². The first-order valence-electron chi connectivity index (χ1n) is 10.6. The van der Waals surface area contributed by atoms with Gasteiger partial charge in [-0.3, -0.25) is 9.59 Å². The van der Waals surface area contributed by atoms with Crippen LogP contribution in [-0.2, 0) is 22.6 Å². The van der Waals surface area contributed by atoms with Crippen LogP contribution in [0.3, 0.4) is 0 Å². The van der Waals surface area contributed by atoms with Crippen LogP contribution in [0.15, 0.2) is 54.7 Å². The minimum atomic E-state index is -0.784. The Morgan fingerprint density at radius 2 is 1.91 bits per heavy atom. The number of hydrogen-bond donors (Lipinski definition) is 3. The molecule has 5 N–H and O–H groups in total. The van der Waals surface area contributed by atoms with Gasteiger partial charge in [-0.05, 0) is 60.0 Å². The number of halogens is 1. The number of amides is 2. The molecular formula is C24H26FN5O2. The summed E-state index contributed by atoms with van der Waals surface area (Å²) in [7, 11) is 0. The van der Waals surface area contributed by atoms with Crippen molar-refractivity contribution in [3.63, 3.8) is 0 Å². The molecular weight excluding hydrogens is 409 g/mol. The second kappa shape index (κ2) is 9.32. The predicted octanol–water partition coefficient (Wildman–Crippen LogP) is 2.13. The Balaban J connectivity index is 1.37. The number of anilines is 1. The van der Waals surface area contributed by atoms with Crippen LogP contribution in [0.4, 0.5) is 10.2 Å². The molecule has 1 aliphatic heterocycles. The van der Waals surface area contributed by atoms with E-state index in [1.807, 2.05) is 24.3 Å². The molecule has 0 aliphatic carbocycles. The molecule has 0 spiro atoms. The van der Waals surface area contributed by atoms with Crippen LogP contribution in [-0.4, -0.2) is 40.3 Å². The number of carbonyl (C=O) groups excluding carboxylic acids is 2. The predicted molar refractivity (Wildman–Crippen MR) is 121 cm³/mol. The van der Waals surface area contributed by atoms with Gasteiger partial charge in [0.2, 0.25) is 11.8 Å². The number of rotatable bonds is 6. The molecule has 1 fully saturated rings. The molecule has 1 saturated heterocycles. The summed E-state index contributed by atoms with van der Waals surface area (Å²) in [6, 6.07) is 12.2. The highest BCUT2D eigenvalue weighted by atomic mass is 19.1. The number of fused-ring (bicyclic) bond motifs is 1. The first kappa shape index (κ1) is 21.7. The molecule has 2 heterocycles. The van der Waals surface area contributed by atoms with E-state index >= 15 is 0 Å². The van der Waals surface area contributed by atoms with Crippen LogP contribution in [0, 0.1) is 5.82 Å². The van der Waals surface area contributed by atoms with Crippen molar-refractivity contribution in [3.05, 3.63) is 71.7 Å². The molecule has 0 radical (unpaired) electrons. The number of aromatic nitrogens is 1. The topological polar surface area (TPSA) is 114 Å². The van der Waals surface area contributed by atoms with Crippen LogP contribution in [0.1, 0.15) is 24.0 Å². The van der Waals surface area contributed by atoms with Crippen molar-refractivity contribution in [1.29, 1.82) is 0 Å². The van der Waals surface area contributed by atoms with Gasteiger partial charge in [0, 0.05) is 24.7 Å². The van der Waals surface area contributed by atoms with E-state index in [1.165, 1.54) is 12.1 Å². The number of nitrogens with zero attached hydrogens (tertiary/aromatic N) is 2. The Labute approximate surface area is 185 Å². The third-order valence-electron chi connectivity index (χ3n) is 5.85. The summed E-state index contributed by atoms with van der Waals surface area (Å²) >= 11 is 0. The lowest BCUT2D eigenvalue weighted by atomic mass is 10.0. The van der Waals surface area contributed by atoms with Crippen molar-refractivity contribution >= 4 is 28.4 Å². The van der Waals surface area contributed by atoms with Crippen molar-refractivity contribution in [2.75, 3.05) is 12.3 Å². The van der Waals surface area contributed by atoms with Gasteiger partial charge in [0.15, 0.2) is 0 Å². The zero-order valence-electron chi connectivity index (χ0n) is 17.6. The lowest BCUT2D eigenvalue weighted by Gasteiger charge is -2.27. The minimum absolute atomic E-state index is 0.195. The van der Waals surface area contributed by atoms with Crippen molar-refractivity contribution < 1.29 is 14.0 Å². The summed E-state index contributed by atoms with van der Waals surface area (Å²) in [5.41, 5.74) is 13.7. The number of likely N-dealkylation sites (tertiary alicyclic amines) is 1. The molecule has 0 saturated carbocycles. The van der Waals surface area contributed by atoms with E-state index in [2.05, 4.69) is 10.3 Å². The number of carbonyl (C=O) groups is 2. The third-order valence-corrected chi connectivity index (χ3v) is 5.85. The zero-order chi connectivity index (χ0) is 22.7. The molecule has 0 unspecified atom stereocenters. The van der Waals surface area contributed by atoms with Gasteiger partial charge in [0.05, 0.1) is 6.04 Å². The average Bonchev–Trinajstić information content (AvgIpc) is 3.28. The molecule has 0 bridgehead atoms. The van der Waals surface area contributed by atoms with E-state index < -0.39 is 12.1 Å². The number of benzene rings is 2. The van der Waals surface area contributed by atoms with Gasteiger partial charge in [-0.25, -0.2) is 9.37 Å². The SMILES string of the molecule is Nc1nccc2cc(CNC(=O)[C@@H]3CCCN3C(=O)[C@H](N)Cc3ccc(F)cc3)ccc12. The van der Waals surface area contributed by atoms with Crippen molar-refractivity contribution in [3.8, 4) is 0 Å². The van der Waals surface area contributed by atoms with Crippen LogP contribution in [0.2, 0.25) is 0 Å². The minimum Gasteiger partial charge on any atom is -0.383 e. The number of nitrogen functional groups attached to an aromatic ring is 1. The fourth-order valence-corrected chi connectivity index (χ4v) is 4.15. The first-order valence-corrected chi connectivity index (χ1v) is 10.6. The Hall–Kier alpha value is -3.52. The fraction of sp³-hybridized carbons (Fsp3) is 0.292. The summed E-state index contributed by atoms with van der Waals surface area (Å²) in [5, 5.41) is 4.76. The Bertz CT molecular complexity index is 1130. The van der Waals surface area contributed by atoms with Gasteiger partial charge >= 0.3 is 0 Å². The molecule has 166 valence electrons. The number of nitrogens with one attached hydrogen (secondary N) is 1. The first-order chi connectivity index (χ1) is 15.4. The summed E-state index contributed by atoms with van der Waals surface area (Å²) in [4.78, 5) is 31.4. The van der Waals surface area contributed by atoms with Crippen LogP contribution >= 0.6 is 0 Å². The van der Waals surface area contributed by atoms with Crippen LogP contribution in [0.5, 0.6) is 0 Å². The molecule has 4 rings (SSSR count). The largest absolute Gasteiger partial charge is 0.383 e. The van der Waals surface area contributed by atoms with E-state index in [0.29, 0.717) is 31.7 Å². The summed E-state index contributed by atoms with van der Waals surface area (Å²) in [6.07, 6.45) is 3.28. The van der Waals surface area contributed by atoms with E-state index in [1.54, 1.807) is 23.2 Å². The number of pyridine rings is 1. The molecule has 1 aliphatic rings. The van der Waals surface area contributed by atoms with Crippen LogP contribution < -0.4 is 16.8 Å².